The third-order valence-electron chi connectivity index (χ3n) is 8.11. The highest BCUT2D eigenvalue weighted by atomic mass is 16.5. The van der Waals surface area contributed by atoms with Gasteiger partial charge in [-0.05, 0) is 70.1 Å². The van der Waals surface area contributed by atoms with Gasteiger partial charge in [-0.3, -0.25) is 0 Å². The van der Waals surface area contributed by atoms with Crippen molar-refractivity contribution in [2.24, 2.45) is 11.3 Å². The Hall–Kier alpha value is -0.120. The van der Waals surface area contributed by atoms with Crippen molar-refractivity contribution in [1.82, 2.24) is 0 Å². The fourth-order valence-electron chi connectivity index (χ4n) is 5.45. The highest BCUT2D eigenvalue weighted by Crippen LogP contribution is 2.60. The van der Waals surface area contributed by atoms with Gasteiger partial charge >= 0.3 is 0 Å². The Labute approximate surface area is 169 Å². The van der Waals surface area contributed by atoms with E-state index in [-0.39, 0.29) is 11.0 Å². The molecule has 1 aliphatic rings. The molecule has 0 heterocycles. The Morgan fingerprint density at radius 1 is 0.963 bits per heavy atom. The van der Waals surface area contributed by atoms with Crippen molar-refractivity contribution in [2.45, 2.75) is 130 Å². The molecular weight excluding hydrogens is 336 g/mol. The molecule has 0 aromatic heterocycles. The largest absolute Gasteiger partial charge is 0.390 e. The van der Waals surface area contributed by atoms with E-state index in [1.54, 1.807) is 0 Å². The van der Waals surface area contributed by atoms with E-state index in [1.165, 1.54) is 12.8 Å². The zero-order chi connectivity index (χ0) is 20.6. The molecular formula is C24H48O3. The average molecular weight is 385 g/mol. The van der Waals surface area contributed by atoms with Gasteiger partial charge in [-0.1, -0.05) is 48.5 Å². The third-order valence-corrected chi connectivity index (χ3v) is 8.11. The van der Waals surface area contributed by atoms with Gasteiger partial charge in [0.05, 0.1) is 30.5 Å². The first-order chi connectivity index (χ1) is 12.9. The Bertz CT molecular complexity index is 392. The molecule has 3 heteroatoms. The van der Waals surface area contributed by atoms with Crippen molar-refractivity contribution >= 4 is 0 Å². The summed E-state index contributed by atoms with van der Waals surface area (Å²) >= 11 is 0. The topological polar surface area (TPSA) is 38.7 Å². The van der Waals surface area contributed by atoms with E-state index in [2.05, 4.69) is 48.5 Å². The maximum atomic E-state index is 10.7. The molecule has 27 heavy (non-hydrogen) atoms. The Morgan fingerprint density at radius 2 is 1.56 bits per heavy atom. The van der Waals surface area contributed by atoms with Gasteiger partial charge in [0.1, 0.15) is 0 Å². The monoisotopic (exact) mass is 384 g/mol. The first kappa shape index (κ1) is 24.9. The molecule has 0 saturated heterocycles. The van der Waals surface area contributed by atoms with Crippen LogP contribution < -0.4 is 0 Å². The number of aliphatic hydroxyl groups is 1. The molecule has 0 radical (unpaired) electrons. The highest BCUT2D eigenvalue weighted by Gasteiger charge is 2.58. The zero-order valence-electron chi connectivity index (χ0n) is 19.4. The van der Waals surface area contributed by atoms with Crippen LogP contribution in [-0.4, -0.2) is 35.6 Å². The van der Waals surface area contributed by atoms with E-state index < -0.39 is 5.60 Å². The fourth-order valence-corrected chi connectivity index (χ4v) is 5.45. The average Bonchev–Trinajstić information content (AvgIpc) is 2.69. The highest BCUT2D eigenvalue weighted by molar-refractivity contribution is 5.08. The van der Waals surface area contributed by atoms with Gasteiger partial charge in [0.15, 0.2) is 0 Å². The summed E-state index contributed by atoms with van der Waals surface area (Å²) in [5.74, 6) is 0.597. The van der Waals surface area contributed by atoms with Gasteiger partial charge in [-0.25, -0.2) is 0 Å². The zero-order valence-corrected chi connectivity index (χ0v) is 19.4. The van der Waals surface area contributed by atoms with Gasteiger partial charge in [0, 0.05) is 5.41 Å². The molecule has 1 aliphatic carbocycles. The minimum absolute atomic E-state index is 0.0929. The molecule has 0 bridgehead atoms. The molecule has 1 fully saturated rings. The Kier molecular flexibility index (Phi) is 10.3. The van der Waals surface area contributed by atoms with E-state index in [4.69, 9.17) is 9.47 Å². The normalized spacial score (nSPS) is 23.7. The second-order valence-electron chi connectivity index (χ2n) is 8.75. The first-order valence-electron chi connectivity index (χ1n) is 11.8. The van der Waals surface area contributed by atoms with Crippen LogP contribution in [0.3, 0.4) is 0 Å². The predicted molar refractivity (Wildman–Crippen MR) is 115 cm³/mol. The smallest absolute Gasteiger partial charge is 0.0736 e. The van der Waals surface area contributed by atoms with Gasteiger partial charge in [-0.2, -0.15) is 0 Å². The van der Waals surface area contributed by atoms with Crippen LogP contribution in [-0.2, 0) is 9.47 Å². The van der Waals surface area contributed by atoms with Crippen molar-refractivity contribution in [3.05, 3.63) is 0 Å². The molecule has 0 aromatic carbocycles. The maximum Gasteiger partial charge on any atom is 0.0736 e. The van der Waals surface area contributed by atoms with Crippen LogP contribution in [0.2, 0.25) is 0 Å². The van der Waals surface area contributed by atoms with Crippen LogP contribution >= 0.6 is 0 Å². The summed E-state index contributed by atoms with van der Waals surface area (Å²) < 4.78 is 13.0. The molecule has 0 spiro atoms. The summed E-state index contributed by atoms with van der Waals surface area (Å²) in [6.07, 6.45) is 10.6. The summed E-state index contributed by atoms with van der Waals surface area (Å²) in [5.41, 5.74) is -0.451. The standard InChI is InChI=1S/C24H48O3/c1-8-21(9-2)26-19-20-15-16-23(20,12-5)24(13-6,14-7)27-18-17-22(25,10-3)11-4/h20-21,25H,8-19H2,1-7H3. The molecule has 0 aromatic rings. The van der Waals surface area contributed by atoms with E-state index in [1.807, 2.05) is 0 Å². The summed E-state index contributed by atoms with van der Waals surface area (Å²) in [5, 5.41) is 10.7. The predicted octanol–water partition coefficient (Wildman–Crippen LogP) is 6.51. The molecule has 1 N–H and O–H groups in total. The Morgan fingerprint density at radius 3 is 1.93 bits per heavy atom. The van der Waals surface area contributed by atoms with Crippen LogP contribution in [0.4, 0.5) is 0 Å². The van der Waals surface area contributed by atoms with Crippen molar-refractivity contribution in [1.29, 1.82) is 0 Å². The van der Waals surface area contributed by atoms with Crippen LogP contribution in [0.1, 0.15) is 113 Å². The first-order valence-corrected chi connectivity index (χ1v) is 11.8. The van der Waals surface area contributed by atoms with E-state index in [9.17, 15) is 5.11 Å². The van der Waals surface area contributed by atoms with Crippen LogP contribution in [0.15, 0.2) is 0 Å². The lowest BCUT2D eigenvalue weighted by molar-refractivity contribution is -0.221. The molecule has 1 rings (SSSR count). The second-order valence-corrected chi connectivity index (χ2v) is 8.75. The molecule has 162 valence electrons. The van der Waals surface area contributed by atoms with Gasteiger partial charge in [0.2, 0.25) is 0 Å². The minimum Gasteiger partial charge on any atom is -0.390 e. The lowest BCUT2D eigenvalue weighted by Gasteiger charge is -2.60. The van der Waals surface area contributed by atoms with Crippen molar-refractivity contribution < 1.29 is 14.6 Å². The third kappa shape index (κ3) is 5.28. The molecule has 3 nitrogen and oxygen atoms in total. The summed E-state index contributed by atoms with van der Waals surface area (Å²) in [6, 6.07) is 0. The summed E-state index contributed by atoms with van der Waals surface area (Å²) in [7, 11) is 0. The molecule has 2 atom stereocenters. The van der Waals surface area contributed by atoms with Gasteiger partial charge in [-0.15, -0.1) is 0 Å². The molecule has 1 saturated carbocycles. The number of hydrogen-bond donors (Lipinski definition) is 1. The second kappa shape index (κ2) is 11.2. The number of ether oxygens (including phenoxy) is 2. The summed E-state index contributed by atoms with van der Waals surface area (Å²) in [4.78, 5) is 0. The van der Waals surface area contributed by atoms with E-state index in [0.717, 1.165) is 58.0 Å². The van der Waals surface area contributed by atoms with E-state index in [0.29, 0.717) is 18.6 Å². The fraction of sp³-hybridized carbons (Fsp3) is 1.00. The maximum absolute atomic E-state index is 10.7. The minimum atomic E-state index is -0.579. The van der Waals surface area contributed by atoms with Crippen molar-refractivity contribution in [2.75, 3.05) is 13.2 Å². The van der Waals surface area contributed by atoms with Crippen molar-refractivity contribution in [3.8, 4) is 0 Å². The quantitative estimate of drug-likeness (QED) is 0.349. The van der Waals surface area contributed by atoms with Crippen LogP contribution in [0.25, 0.3) is 0 Å². The summed E-state index contributed by atoms with van der Waals surface area (Å²) in [6.45, 7) is 17.0. The van der Waals surface area contributed by atoms with Crippen LogP contribution in [0, 0.1) is 11.3 Å². The van der Waals surface area contributed by atoms with Gasteiger partial charge < -0.3 is 14.6 Å². The van der Waals surface area contributed by atoms with Gasteiger partial charge in [0.25, 0.3) is 0 Å². The number of hydrogen-bond acceptors (Lipinski definition) is 3. The lowest BCUT2D eigenvalue weighted by atomic mass is 9.49. The molecule has 0 aliphatic heterocycles. The SMILES string of the molecule is CCC(CC)OCC1CCC1(CC)C(CC)(CC)OCCC(O)(CC)CC. The molecule has 2 unspecified atom stereocenters. The number of rotatable bonds is 15. The lowest BCUT2D eigenvalue weighted by Crippen LogP contribution is -2.60. The molecule has 0 amide bonds. The van der Waals surface area contributed by atoms with Crippen molar-refractivity contribution in [3.63, 3.8) is 0 Å². The van der Waals surface area contributed by atoms with E-state index >= 15 is 0 Å². The van der Waals surface area contributed by atoms with Crippen LogP contribution in [0.5, 0.6) is 0 Å². The Balaban J connectivity index is 2.87.